The highest BCUT2D eigenvalue weighted by Gasteiger charge is 2.30. The van der Waals surface area contributed by atoms with Gasteiger partial charge in [0.1, 0.15) is 0 Å². The van der Waals surface area contributed by atoms with Gasteiger partial charge in [0.05, 0.1) is 23.9 Å². The third-order valence-electron chi connectivity index (χ3n) is 4.18. The summed E-state index contributed by atoms with van der Waals surface area (Å²) in [6.07, 6.45) is 0. The molecule has 5 N–H and O–H groups in total. The standard InChI is InChI=1S/C16H17N3O5/c20-13-3-1-9(5-15(13)22)11-8-19(18-24)12(7-17-11)10-2-4-14(21)16(23)6-10/h1-6,11-12,17,20-23H,7-8H2. The Balaban J connectivity index is 1.81. The minimum Gasteiger partial charge on any atom is -0.504 e. The molecule has 1 aliphatic rings. The lowest BCUT2D eigenvalue weighted by atomic mass is 9.98. The largest absolute Gasteiger partial charge is 0.504 e. The van der Waals surface area contributed by atoms with E-state index >= 15 is 0 Å². The van der Waals surface area contributed by atoms with Crippen LogP contribution in [-0.2, 0) is 0 Å². The first-order valence-electron chi connectivity index (χ1n) is 7.36. The van der Waals surface area contributed by atoms with Gasteiger partial charge in [0.2, 0.25) is 0 Å². The Morgan fingerprint density at radius 3 is 2.08 bits per heavy atom. The summed E-state index contributed by atoms with van der Waals surface area (Å²) in [7, 11) is 0. The van der Waals surface area contributed by atoms with Crippen molar-refractivity contribution < 1.29 is 20.4 Å². The minimum absolute atomic E-state index is 0.211. The van der Waals surface area contributed by atoms with E-state index in [-0.39, 0.29) is 35.6 Å². The van der Waals surface area contributed by atoms with Crippen LogP contribution in [0.3, 0.4) is 0 Å². The predicted molar refractivity (Wildman–Crippen MR) is 85.5 cm³/mol. The lowest BCUT2D eigenvalue weighted by molar-refractivity contribution is 0.133. The van der Waals surface area contributed by atoms with Crippen molar-refractivity contribution in [1.82, 2.24) is 10.3 Å². The van der Waals surface area contributed by atoms with Gasteiger partial charge in [-0.25, -0.2) is 0 Å². The molecule has 1 fully saturated rings. The zero-order valence-corrected chi connectivity index (χ0v) is 12.6. The predicted octanol–water partition coefficient (Wildman–Crippen LogP) is 1.88. The van der Waals surface area contributed by atoms with Gasteiger partial charge in [0.25, 0.3) is 0 Å². The highest BCUT2D eigenvalue weighted by atomic mass is 16.3. The van der Waals surface area contributed by atoms with E-state index in [4.69, 9.17) is 0 Å². The Kier molecular flexibility index (Phi) is 4.13. The maximum absolute atomic E-state index is 11.2. The van der Waals surface area contributed by atoms with Crippen LogP contribution in [-0.4, -0.2) is 38.5 Å². The Bertz CT molecular complexity index is 767. The molecule has 2 unspecified atom stereocenters. The summed E-state index contributed by atoms with van der Waals surface area (Å²) in [5, 5.41) is 45.7. The lowest BCUT2D eigenvalue weighted by Crippen LogP contribution is -2.45. The van der Waals surface area contributed by atoms with Gasteiger partial charge < -0.3 is 25.7 Å². The van der Waals surface area contributed by atoms with Gasteiger partial charge in [-0.1, -0.05) is 12.1 Å². The van der Waals surface area contributed by atoms with Crippen molar-refractivity contribution in [3.05, 3.63) is 52.4 Å². The molecule has 3 rings (SSSR count). The number of aromatic hydroxyl groups is 4. The molecule has 1 heterocycles. The number of hydrogen-bond donors (Lipinski definition) is 5. The number of nitrogens with zero attached hydrogens (tertiary/aromatic N) is 2. The SMILES string of the molecule is O=NN1CC(c2ccc(O)c(O)c2)NCC1c1ccc(O)c(O)c1. The molecule has 8 heteroatoms. The van der Waals surface area contributed by atoms with Crippen LogP contribution < -0.4 is 5.32 Å². The first-order valence-corrected chi connectivity index (χ1v) is 7.36. The maximum Gasteiger partial charge on any atom is 0.157 e. The zero-order chi connectivity index (χ0) is 17.3. The number of hydrogen-bond acceptors (Lipinski definition) is 7. The molecule has 1 saturated heterocycles. The van der Waals surface area contributed by atoms with Gasteiger partial charge in [-0.2, -0.15) is 0 Å². The summed E-state index contributed by atoms with van der Waals surface area (Å²) in [5.74, 6) is -0.933. The minimum atomic E-state index is -0.393. The van der Waals surface area contributed by atoms with Crippen molar-refractivity contribution in [3.63, 3.8) is 0 Å². The average molecular weight is 331 g/mol. The maximum atomic E-state index is 11.2. The number of piperazine rings is 1. The van der Waals surface area contributed by atoms with E-state index in [1.165, 1.54) is 29.3 Å². The lowest BCUT2D eigenvalue weighted by Gasteiger charge is -2.37. The van der Waals surface area contributed by atoms with E-state index in [1.54, 1.807) is 12.1 Å². The van der Waals surface area contributed by atoms with Gasteiger partial charge in [-0.15, -0.1) is 4.91 Å². The fraction of sp³-hybridized carbons (Fsp3) is 0.250. The molecule has 0 spiro atoms. The number of phenolic OH excluding ortho intramolecular Hbond substituents is 4. The van der Waals surface area contributed by atoms with Crippen LogP contribution in [0.15, 0.2) is 41.7 Å². The summed E-state index contributed by atoms with van der Waals surface area (Å²) in [6.45, 7) is 0.627. The third-order valence-corrected chi connectivity index (χ3v) is 4.18. The van der Waals surface area contributed by atoms with Crippen LogP contribution in [0.1, 0.15) is 23.2 Å². The normalized spacial score (nSPS) is 20.8. The van der Waals surface area contributed by atoms with Crippen molar-refractivity contribution in [3.8, 4) is 23.0 Å². The quantitative estimate of drug-likeness (QED) is 0.429. The van der Waals surface area contributed by atoms with Crippen LogP contribution >= 0.6 is 0 Å². The van der Waals surface area contributed by atoms with Crippen LogP contribution in [0, 0.1) is 4.91 Å². The molecule has 8 nitrogen and oxygen atoms in total. The number of phenols is 4. The van der Waals surface area contributed by atoms with E-state index in [9.17, 15) is 25.3 Å². The van der Waals surface area contributed by atoms with Crippen LogP contribution in [0.25, 0.3) is 0 Å². The second kappa shape index (κ2) is 6.25. The average Bonchev–Trinajstić information content (AvgIpc) is 2.59. The topological polar surface area (TPSA) is 126 Å². The zero-order valence-electron chi connectivity index (χ0n) is 12.6. The molecule has 0 aromatic heterocycles. The summed E-state index contributed by atoms with van der Waals surface area (Å²) >= 11 is 0. The van der Waals surface area contributed by atoms with Crippen LogP contribution in [0.4, 0.5) is 0 Å². The fourth-order valence-corrected chi connectivity index (χ4v) is 2.85. The van der Waals surface area contributed by atoms with Crippen molar-refractivity contribution in [2.75, 3.05) is 13.1 Å². The van der Waals surface area contributed by atoms with E-state index in [1.807, 2.05) is 0 Å². The van der Waals surface area contributed by atoms with E-state index in [0.717, 1.165) is 0 Å². The second-order valence-corrected chi connectivity index (χ2v) is 5.68. The fourth-order valence-electron chi connectivity index (χ4n) is 2.85. The monoisotopic (exact) mass is 331 g/mol. The molecule has 2 atom stereocenters. The Morgan fingerprint density at radius 1 is 0.917 bits per heavy atom. The molecular formula is C16H17N3O5. The van der Waals surface area contributed by atoms with Crippen LogP contribution in [0.5, 0.6) is 23.0 Å². The van der Waals surface area contributed by atoms with Gasteiger partial charge in [0, 0.05) is 6.54 Å². The molecular weight excluding hydrogens is 314 g/mol. The summed E-state index contributed by atoms with van der Waals surface area (Å²) in [6, 6.07) is 8.20. The molecule has 126 valence electrons. The van der Waals surface area contributed by atoms with E-state index in [0.29, 0.717) is 17.7 Å². The van der Waals surface area contributed by atoms with E-state index in [2.05, 4.69) is 10.6 Å². The summed E-state index contributed by atoms with van der Waals surface area (Å²) in [5.41, 5.74) is 1.36. The Hall–Kier alpha value is -3.00. The van der Waals surface area contributed by atoms with Gasteiger partial charge in [0.15, 0.2) is 23.0 Å². The molecule has 24 heavy (non-hydrogen) atoms. The summed E-state index contributed by atoms with van der Waals surface area (Å²) in [4.78, 5) is 11.2. The molecule has 0 bridgehead atoms. The Morgan fingerprint density at radius 2 is 1.50 bits per heavy atom. The van der Waals surface area contributed by atoms with Gasteiger partial charge in [-0.3, -0.25) is 5.01 Å². The van der Waals surface area contributed by atoms with Crippen molar-refractivity contribution in [2.45, 2.75) is 12.1 Å². The number of nitrogens with one attached hydrogen (secondary N) is 1. The molecule has 0 radical (unpaired) electrons. The van der Waals surface area contributed by atoms with Crippen molar-refractivity contribution >= 4 is 0 Å². The van der Waals surface area contributed by atoms with Crippen molar-refractivity contribution in [1.29, 1.82) is 0 Å². The molecule has 2 aromatic carbocycles. The first kappa shape index (κ1) is 15.9. The van der Waals surface area contributed by atoms with E-state index < -0.39 is 6.04 Å². The molecule has 0 amide bonds. The van der Waals surface area contributed by atoms with Gasteiger partial charge >= 0.3 is 0 Å². The first-order chi connectivity index (χ1) is 11.5. The van der Waals surface area contributed by atoms with Crippen LogP contribution in [0.2, 0.25) is 0 Å². The summed E-state index contributed by atoms with van der Waals surface area (Å²) < 4.78 is 0. The second-order valence-electron chi connectivity index (χ2n) is 5.68. The Labute approximate surface area is 137 Å². The molecule has 2 aromatic rings. The third kappa shape index (κ3) is 2.91. The molecule has 0 saturated carbocycles. The number of benzene rings is 2. The van der Waals surface area contributed by atoms with Gasteiger partial charge in [-0.05, 0) is 35.4 Å². The molecule has 0 aliphatic carbocycles. The van der Waals surface area contributed by atoms with Crippen molar-refractivity contribution in [2.24, 2.45) is 5.29 Å². The molecule has 1 aliphatic heterocycles. The highest BCUT2D eigenvalue weighted by Crippen LogP contribution is 2.35. The number of nitroso groups, excluding NO2 is 1. The highest BCUT2D eigenvalue weighted by molar-refractivity contribution is 5.43. The number of rotatable bonds is 3. The smallest absolute Gasteiger partial charge is 0.157 e.